The Hall–Kier alpha value is -3.97. The molecule has 0 saturated heterocycles. The number of aromatic nitrogens is 4. The number of amides is 1. The second kappa shape index (κ2) is 8.91. The summed E-state index contributed by atoms with van der Waals surface area (Å²) in [6.07, 6.45) is 7.44. The van der Waals surface area contributed by atoms with Gasteiger partial charge in [-0.2, -0.15) is 0 Å². The molecule has 1 saturated carbocycles. The van der Waals surface area contributed by atoms with Gasteiger partial charge in [-0.25, -0.2) is 9.97 Å². The Kier molecular flexibility index (Phi) is 5.57. The lowest BCUT2D eigenvalue weighted by Gasteiger charge is -2.14. The maximum atomic E-state index is 12.6. The van der Waals surface area contributed by atoms with Gasteiger partial charge in [-0.1, -0.05) is 17.7 Å². The third-order valence-electron chi connectivity index (χ3n) is 6.67. The number of rotatable bonds is 6. The van der Waals surface area contributed by atoms with Crippen molar-refractivity contribution < 1.29 is 4.79 Å². The van der Waals surface area contributed by atoms with Crippen molar-refractivity contribution in [3.05, 3.63) is 88.3 Å². The summed E-state index contributed by atoms with van der Waals surface area (Å²) in [7, 11) is 0. The normalized spacial score (nSPS) is 13.3. The summed E-state index contributed by atoms with van der Waals surface area (Å²) in [5.41, 5.74) is 8.24. The van der Waals surface area contributed by atoms with Gasteiger partial charge in [-0.3, -0.25) is 14.2 Å². The van der Waals surface area contributed by atoms with Gasteiger partial charge < -0.3 is 10.6 Å². The summed E-state index contributed by atoms with van der Waals surface area (Å²) < 4.78 is 2.11. The molecule has 3 heterocycles. The molecule has 0 radical (unpaired) electrons. The first-order valence-electron chi connectivity index (χ1n) is 12.0. The fourth-order valence-electron chi connectivity index (χ4n) is 4.35. The van der Waals surface area contributed by atoms with Gasteiger partial charge in [0.1, 0.15) is 0 Å². The second-order valence-electron chi connectivity index (χ2n) is 9.34. The highest BCUT2D eigenvalue weighted by molar-refractivity contribution is 6.34. The summed E-state index contributed by atoms with van der Waals surface area (Å²) in [6, 6.07) is 14.0. The Morgan fingerprint density at radius 2 is 1.86 bits per heavy atom. The van der Waals surface area contributed by atoms with Crippen LogP contribution in [0.4, 0.5) is 5.82 Å². The van der Waals surface area contributed by atoms with E-state index >= 15 is 0 Å². The molecule has 8 heteroatoms. The molecule has 5 aromatic rings. The second-order valence-corrected chi connectivity index (χ2v) is 9.75. The van der Waals surface area contributed by atoms with Crippen LogP contribution in [-0.4, -0.2) is 31.3 Å². The number of hydrogen-bond acceptors (Lipinski definition) is 5. The van der Waals surface area contributed by atoms with E-state index in [1.807, 2.05) is 30.5 Å². The number of halogens is 1. The molecule has 1 amide bonds. The molecule has 6 rings (SSSR count). The van der Waals surface area contributed by atoms with Crippen LogP contribution in [0.2, 0.25) is 5.02 Å². The van der Waals surface area contributed by atoms with Crippen LogP contribution in [0.25, 0.3) is 27.9 Å². The molecule has 0 spiro atoms. The first-order chi connectivity index (χ1) is 17.5. The molecule has 0 aliphatic heterocycles. The first kappa shape index (κ1) is 22.5. The zero-order valence-electron chi connectivity index (χ0n) is 20.0. The third kappa shape index (κ3) is 4.16. The van der Waals surface area contributed by atoms with Crippen molar-refractivity contribution in [2.75, 3.05) is 5.32 Å². The van der Waals surface area contributed by atoms with E-state index in [9.17, 15) is 4.79 Å². The van der Waals surface area contributed by atoms with E-state index in [4.69, 9.17) is 21.6 Å². The number of nitrogens with one attached hydrogen (secondary N) is 2. The van der Waals surface area contributed by atoms with Crippen molar-refractivity contribution in [3.8, 4) is 11.3 Å². The standard InChI is InChI=1S/C28H25ClN6O/c1-16-11-23-24(12-17(16)2)35-25(19-3-6-21(22(29)13-19)28(36)33-20-4-5-20)15-32-27(35)26(34-23)31-14-18-7-9-30-10-8-18/h3,6-13,15,20H,4-5,14H2,1-2H3,(H,31,34)(H,33,36). The molecule has 7 nitrogen and oxygen atoms in total. The van der Waals surface area contributed by atoms with Crippen LogP contribution >= 0.6 is 11.6 Å². The van der Waals surface area contributed by atoms with E-state index in [-0.39, 0.29) is 11.9 Å². The van der Waals surface area contributed by atoms with Crippen molar-refractivity contribution in [2.24, 2.45) is 0 Å². The summed E-state index contributed by atoms with van der Waals surface area (Å²) in [5, 5.41) is 6.88. The van der Waals surface area contributed by atoms with E-state index in [0.29, 0.717) is 22.9 Å². The van der Waals surface area contributed by atoms with Crippen LogP contribution in [0.15, 0.2) is 61.1 Å². The summed E-state index contributed by atoms with van der Waals surface area (Å²) in [4.78, 5) is 26.3. The third-order valence-corrected chi connectivity index (χ3v) is 6.98. The summed E-state index contributed by atoms with van der Waals surface area (Å²) in [5.74, 6) is 0.566. The van der Waals surface area contributed by atoms with Crippen molar-refractivity contribution in [3.63, 3.8) is 0 Å². The number of benzene rings is 2. The minimum atomic E-state index is -0.129. The molecule has 0 unspecified atom stereocenters. The molecule has 1 aliphatic rings. The molecule has 2 aromatic carbocycles. The van der Waals surface area contributed by atoms with Gasteiger partial charge in [-0.05, 0) is 79.8 Å². The van der Waals surface area contributed by atoms with Gasteiger partial charge in [0.2, 0.25) is 0 Å². The molecule has 1 aliphatic carbocycles. The zero-order chi connectivity index (χ0) is 24.8. The maximum absolute atomic E-state index is 12.6. The lowest BCUT2D eigenvalue weighted by atomic mass is 10.1. The van der Waals surface area contributed by atoms with Crippen molar-refractivity contribution in [1.29, 1.82) is 0 Å². The van der Waals surface area contributed by atoms with Gasteiger partial charge in [0.25, 0.3) is 5.91 Å². The van der Waals surface area contributed by atoms with E-state index in [1.165, 1.54) is 11.1 Å². The van der Waals surface area contributed by atoms with Crippen molar-refractivity contribution in [1.82, 2.24) is 24.7 Å². The van der Waals surface area contributed by atoms with Crippen LogP contribution in [0.5, 0.6) is 0 Å². The number of hydrogen-bond donors (Lipinski definition) is 2. The fraction of sp³-hybridized carbons (Fsp3) is 0.214. The predicted molar refractivity (Wildman–Crippen MR) is 142 cm³/mol. The van der Waals surface area contributed by atoms with Crippen LogP contribution in [-0.2, 0) is 6.54 Å². The molecule has 180 valence electrons. The number of fused-ring (bicyclic) bond motifs is 3. The van der Waals surface area contributed by atoms with Crippen molar-refractivity contribution in [2.45, 2.75) is 39.3 Å². The number of pyridine rings is 1. The van der Waals surface area contributed by atoms with Crippen LogP contribution in [0.3, 0.4) is 0 Å². The molecular weight excluding hydrogens is 472 g/mol. The Balaban J connectivity index is 1.47. The van der Waals surface area contributed by atoms with Gasteiger partial charge in [0.15, 0.2) is 11.5 Å². The van der Waals surface area contributed by atoms with Crippen LogP contribution < -0.4 is 10.6 Å². The van der Waals surface area contributed by atoms with Gasteiger partial charge in [0, 0.05) is 30.5 Å². The van der Waals surface area contributed by atoms with E-state index < -0.39 is 0 Å². The minimum Gasteiger partial charge on any atom is -0.363 e. The molecule has 0 atom stereocenters. The average Bonchev–Trinajstić information content (AvgIpc) is 3.57. The number of imidazole rings is 1. The number of nitrogens with zero attached hydrogens (tertiary/aromatic N) is 4. The Labute approximate surface area is 213 Å². The fourth-order valence-corrected chi connectivity index (χ4v) is 4.61. The van der Waals surface area contributed by atoms with Crippen LogP contribution in [0, 0.1) is 13.8 Å². The largest absolute Gasteiger partial charge is 0.363 e. The molecule has 2 N–H and O–H groups in total. The summed E-state index contributed by atoms with van der Waals surface area (Å²) in [6.45, 7) is 4.78. The quantitative estimate of drug-likeness (QED) is 0.314. The van der Waals surface area contributed by atoms with E-state index in [2.05, 4.69) is 46.0 Å². The Bertz CT molecular complexity index is 1620. The Morgan fingerprint density at radius 3 is 2.61 bits per heavy atom. The van der Waals surface area contributed by atoms with Gasteiger partial charge >= 0.3 is 0 Å². The first-order valence-corrected chi connectivity index (χ1v) is 12.4. The monoisotopic (exact) mass is 496 g/mol. The highest BCUT2D eigenvalue weighted by atomic mass is 35.5. The SMILES string of the molecule is Cc1cc2nc(NCc3ccncc3)c3ncc(-c4ccc(C(=O)NC5CC5)c(Cl)c4)n3c2cc1C. The zero-order valence-corrected chi connectivity index (χ0v) is 20.8. The molecule has 0 bridgehead atoms. The predicted octanol–water partition coefficient (Wildman–Crippen LogP) is 5.72. The minimum absolute atomic E-state index is 0.129. The lowest BCUT2D eigenvalue weighted by molar-refractivity contribution is 0.0951. The highest BCUT2D eigenvalue weighted by Crippen LogP contribution is 2.32. The van der Waals surface area contributed by atoms with E-state index in [1.54, 1.807) is 18.5 Å². The smallest absolute Gasteiger partial charge is 0.253 e. The number of carbonyl (C=O) groups is 1. The molecule has 36 heavy (non-hydrogen) atoms. The number of anilines is 1. The number of carbonyl (C=O) groups excluding carboxylic acids is 1. The topological polar surface area (TPSA) is 84.2 Å². The molecule has 3 aromatic heterocycles. The number of aryl methyl sites for hydroxylation is 2. The lowest BCUT2D eigenvalue weighted by Crippen LogP contribution is -2.25. The molecular formula is C28H25ClN6O. The molecule has 1 fully saturated rings. The van der Waals surface area contributed by atoms with Crippen LogP contribution in [0.1, 0.15) is 39.9 Å². The van der Waals surface area contributed by atoms with E-state index in [0.717, 1.165) is 46.3 Å². The Morgan fingerprint density at radius 1 is 1.08 bits per heavy atom. The van der Waals surface area contributed by atoms with Gasteiger partial charge in [-0.15, -0.1) is 0 Å². The average molecular weight is 497 g/mol. The summed E-state index contributed by atoms with van der Waals surface area (Å²) >= 11 is 6.59. The van der Waals surface area contributed by atoms with Crippen molar-refractivity contribution >= 4 is 40.0 Å². The van der Waals surface area contributed by atoms with Gasteiger partial charge in [0.05, 0.1) is 33.5 Å². The maximum Gasteiger partial charge on any atom is 0.253 e. The highest BCUT2D eigenvalue weighted by Gasteiger charge is 2.25.